The maximum atomic E-state index is 12.4. The Morgan fingerprint density at radius 1 is 1.25 bits per heavy atom. The Kier molecular flexibility index (Phi) is 5.31. The van der Waals surface area contributed by atoms with Crippen molar-refractivity contribution in [1.82, 2.24) is 4.90 Å². The summed E-state index contributed by atoms with van der Waals surface area (Å²) in [4.78, 5) is 24.8. The highest BCUT2D eigenvalue weighted by molar-refractivity contribution is 5.80. The number of benzene rings is 1. The van der Waals surface area contributed by atoms with E-state index in [0.29, 0.717) is 6.42 Å². The van der Waals surface area contributed by atoms with Gasteiger partial charge in [0, 0.05) is 12.1 Å². The maximum Gasteiger partial charge on any atom is 0.305 e. The largest absolute Gasteiger partial charge is 0.481 e. The van der Waals surface area contributed by atoms with Gasteiger partial charge in [-0.2, -0.15) is 0 Å². The number of carboxylic acids is 1. The summed E-state index contributed by atoms with van der Waals surface area (Å²) in [5, 5.41) is 8.80. The monoisotopic (exact) mass is 277 g/mol. The summed E-state index contributed by atoms with van der Waals surface area (Å²) in [6, 6.07) is 7.81. The minimum absolute atomic E-state index is 0.0309. The van der Waals surface area contributed by atoms with Gasteiger partial charge in [0.05, 0.1) is 12.8 Å². The summed E-state index contributed by atoms with van der Waals surface area (Å²) in [5.41, 5.74) is 1.69. The zero-order chi connectivity index (χ0) is 15.3. The lowest BCUT2D eigenvalue weighted by molar-refractivity contribution is -0.140. The molecule has 0 saturated carbocycles. The molecule has 0 saturated heterocycles. The van der Waals surface area contributed by atoms with E-state index in [0.717, 1.165) is 11.1 Å². The number of nitrogens with zero attached hydrogens (tertiary/aromatic N) is 1. The smallest absolute Gasteiger partial charge is 0.305 e. The predicted molar refractivity (Wildman–Crippen MR) is 78.6 cm³/mol. The van der Waals surface area contributed by atoms with Crippen LogP contribution in [-0.2, 0) is 16.0 Å². The second-order valence-corrected chi connectivity index (χ2v) is 6.03. The molecule has 0 spiro atoms. The van der Waals surface area contributed by atoms with Crippen LogP contribution in [0.1, 0.15) is 38.3 Å². The first kappa shape index (κ1) is 16.2. The molecule has 0 radical (unpaired) electrons. The van der Waals surface area contributed by atoms with Crippen LogP contribution in [0.3, 0.4) is 0 Å². The van der Waals surface area contributed by atoms with Gasteiger partial charge in [-0.1, -0.05) is 29.8 Å². The second-order valence-electron chi connectivity index (χ2n) is 6.03. The van der Waals surface area contributed by atoms with Crippen LogP contribution in [0.25, 0.3) is 0 Å². The van der Waals surface area contributed by atoms with Crippen LogP contribution in [0.5, 0.6) is 0 Å². The summed E-state index contributed by atoms with van der Waals surface area (Å²) < 4.78 is 0. The highest BCUT2D eigenvalue weighted by atomic mass is 16.4. The van der Waals surface area contributed by atoms with Gasteiger partial charge in [-0.25, -0.2) is 0 Å². The molecule has 0 fully saturated rings. The number of aliphatic carboxylic acids is 1. The first-order valence-electron chi connectivity index (χ1n) is 6.78. The average molecular weight is 277 g/mol. The van der Waals surface area contributed by atoms with Gasteiger partial charge < -0.3 is 10.0 Å². The molecule has 0 aromatic heterocycles. The van der Waals surface area contributed by atoms with Crippen LogP contribution in [0.15, 0.2) is 24.3 Å². The van der Waals surface area contributed by atoms with Crippen molar-refractivity contribution in [2.24, 2.45) is 0 Å². The molecule has 0 aliphatic carbocycles. The Bertz CT molecular complexity index is 489. The first-order chi connectivity index (χ1) is 9.20. The van der Waals surface area contributed by atoms with Crippen molar-refractivity contribution in [3.63, 3.8) is 0 Å². The summed E-state index contributed by atoms with van der Waals surface area (Å²) >= 11 is 0. The summed E-state index contributed by atoms with van der Waals surface area (Å²) in [5.74, 6) is -0.924. The van der Waals surface area contributed by atoms with Crippen LogP contribution < -0.4 is 0 Å². The topological polar surface area (TPSA) is 57.6 Å². The Balaban J connectivity index is 2.80. The zero-order valence-corrected chi connectivity index (χ0v) is 12.6. The third-order valence-electron chi connectivity index (χ3n) is 3.10. The van der Waals surface area contributed by atoms with Crippen molar-refractivity contribution in [2.75, 3.05) is 6.54 Å². The number of rotatable bonds is 5. The van der Waals surface area contributed by atoms with E-state index < -0.39 is 5.97 Å². The van der Waals surface area contributed by atoms with Gasteiger partial charge >= 0.3 is 5.97 Å². The van der Waals surface area contributed by atoms with Gasteiger partial charge in [-0.15, -0.1) is 0 Å². The van der Waals surface area contributed by atoms with Crippen LogP contribution in [0.4, 0.5) is 0 Å². The highest BCUT2D eigenvalue weighted by Crippen LogP contribution is 2.16. The van der Waals surface area contributed by atoms with Crippen LogP contribution in [0.2, 0.25) is 0 Å². The average Bonchev–Trinajstić information content (AvgIpc) is 2.26. The van der Waals surface area contributed by atoms with Crippen LogP contribution in [-0.4, -0.2) is 34.0 Å². The van der Waals surface area contributed by atoms with Gasteiger partial charge in [-0.3, -0.25) is 9.59 Å². The predicted octanol–water partition coefficient (Wildman–Crippen LogP) is 2.64. The molecular formula is C16H23NO3. The molecule has 1 aromatic carbocycles. The molecule has 0 aliphatic heterocycles. The molecule has 1 N–H and O–H groups in total. The van der Waals surface area contributed by atoms with Gasteiger partial charge in [0.15, 0.2) is 0 Å². The molecule has 4 nitrogen and oxygen atoms in total. The summed E-state index contributed by atoms with van der Waals surface area (Å²) in [6.45, 7) is 7.98. The molecule has 1 aromatic rings. The van der Waals surface area contributed by atoms with Crippen LogP contribution in [0, 0.1) is 6.92 Å². The Hall–Kier alpha value is -1.84. The standard InChI is InChI=1S/C16H23NO3/c1-12-6-5-7-13(10-12)11-14(18)17(16(2,3)4)9-8-15(19)20/h5-7,10H,8-9,11H2,1-4H3,(H,19,20). The zero-order valence-electron chi connectivity index (χ0n) is 12.6. The minimum atomic E-state index is -0.886. The van der Waals surface area contributed by atoms with Crippen molar-refractivity contribution in [3.05, 3.63) is 35.4 Å². The van der Waals surface area contributed by atoms with Crippen molar-refractivity contribution < 1.29 is 14.7 Å². The molecule has 0 bridgehead atoms. The molecule has 0 atom stereocenters. The quantitative estimate of drug-likeness (QED) is 0.900. The number of aryl methyl sites for hydroxylation is 1. The fourth-order valence-corrected chi connectivity index (χ4v) is 2.13. The SMILES string of the molecule is Cc1cccc(CC(=O)N(CCC(=O)O)C(C)(C)C)c1. The lowest BCUT2D eigenvalue weighted by Crippen LogP contribution is -2.47. The molecule has 0 heterocycles. The Labute approximate surface area is 120 Å². The molecular weight excluding hydrogens is 254 g/mol. The molecule has 0 aliphatic rings. The van der Waals surface area contributed by atoms with E-state index >= 15 is 0 Å². The van der Waals surface area contributed by atoms with E-state index in [1.807, 2.05) is 52.0 Å². The summed E-state index contributed by atoms with van der Waals surface area (Å²) in [6.07, 6.45) is 0.273. The Morgan fingerprint density at radius 3 is 2.40 bits per heavy atom. The normalized spacial score (nSPS) is 11.2. The van der Waals surface area contributed by atoms with E-state index in [4.69, 9.17) is 5.11 Å². The van der Waals surface area contributed by atoms with E-state index in [1.165, 1.54) is 0 Å². The number of carbonyl (C=O) groups excluding carboxylic acids is 1. The minimum Gasteiger partial charge on any atom is -0.481 e. The second kappa shape index (κ2) is 6.55. The van der Waals surface area contributed by atoms with Crippen molar-refractivity contribution >= 4 is 11.9 Å². The van der Waals surface area contributed by atoms with Crippen molar-refractivity contribution in [1.29, 1.82) is 0 Å². The molecule has 110 valence electrons. The summed E-state index contributed by atoms with van der Waals surface area (Å²) in [7, 11) is 0. The van der Waals surface area contributed by atoms with Crippen molar-refractivity contribution in [2.45, 2.75) is 46.1 Å². The van der Waals surface area contributed by atoms with Gasteiger partial charge in [0.2, 0.25) is 5.91 Å². The maximum absolute atomic E-state index is 12.4. The number of hydrogen-bond acceptors (Lipinski definition) is 2. The fourth-order valence-electron chi connectivity index (χ4n) is 2.13. The Morgan fingerprint density at radius 2 is 1.90 bits per heavy atom. The first-order valence-corrected chi connectivity index (χ1v) is 6.78. The number of amides is 1. The lowest BCUT2D eigenvalue weighted by Gasteiger charge is -2.35. The third kappa shape index (κ3) is 5.03. The highest BCUT2D eigenvalue weighted by Gasteiger charge is 2.26. The van der Waals surface area contributed by atoms with Gasteiger partial charge in [0.1, 0.15) is 0 Å². The van der Waals surface area contributed by atoms with E-state index in [-0.39, 0.29) is 24.4 Å². The fraction of sp³-hybridized carbons (Fsp3) is 0.500. The number of carbonyl (C=O) groups is 2. The molecule has 4 heteroatoms. The van der Waals surface area contributed by atoms with Crippen molar-refractivity contribution in [3.8, 4) is 0 Å². The molecule has 1 amide bonds. The van der Waals surface area contributed by atoms with E-state index in [1.54, 1.807) is 4.90 Å². The van der Waals surface area contributed by atoms with E-state index in [2.05, 4.69) is 0 Å². The molecule has 0 unspecified atom stereocenters. The van der Waals surface area contributed by atoms with Gasteiger partial charge in [0.25, 0.3) is 0 Å². The van der Waals surface area contributed by atoms with Crippen LogP contribution >= 0.6 is 0 Å². The molecule has 20 heavy (non-hydrogen) atoms. The van der Waals surface area contributed by atoms with Gasteiger partial charge in [-0.05, 0) is 33.3 Å². The lowest BCUT2D eigenvalue weighted by atomic mass is 10.0. The number of carboxylic acid groups (broad SMARTS) is 1. The molecule has 1 rings (SSSR count). The van der Waals surface area contributed by atoms with E-state index in [9.17, 15) is 9.59 Å². The number of hydrogen-bond donors (Lipinski definition) is 1. The third-order valence-corrected chi connectivity index (χ3v) is 3.10.